The Morgan fingerprint density at radius 2 is 1.54 bits per heavy atom. The molecule has 1 saturated heterocycles. The SMILES string of the molecule is [B]SC1CC(=O)N(CCC(=O)NCCNC(=O)CCNC(=O)C(CCCCNC(=O)OC)NC(=O)OC)C1=O. The highest BCUT2D eigenvalue weighted by Crippen LogP contribution is 2.22. The minimum absolute atomic E-state index is 0.0141. The van der Waals surface area contributed by atoms with E-state index in [-0.39, 0.29) is 69.6 Å². The third kappa shape index (κ3) is 13.2. The van der Waals surface area contributed by atoms with Gasteiger partial charge in [0, 0.05) is 52.0 Å². The highest BCUT2D eigenvalue weighted by Gasteiger charge is 2.37. The number of hydrogen-bond acceptors (Lipinski definition) is 10. The van der Waals surface area contributed by atoms with Crippen molar-refractivity contribution in [1.29, 1.82) is 0 Å². The van der Waals surface area contributed by atoms with Gasteiger partial charge in [-0.15, -0.1) is 0 Å². The first-order valence-corrected chi connectivity index (χ1v) is 13.2. The molecule has 1 heterocycles. The van der Waals surface area contributed by atoms with Crippen LogP contribution in [0.25, 0.3) is 0 Å². The summed E-state index contributed by atoms with van der Waals surface area (Å²) < 4.78 is 9.01. The Balaban J connectivity index is 2.24. The van der Waals surface area contributed by atoms with Crippen molar-refractivity contribution in [2.45, 2.75) is 49.8 Å². The van der Waals surface area contributed by atoms with Gasteiger partial charge in [0.1, 0.15) is 6.04 Å². The standard InChI is InChI=1S/C22H35BN6O9S/c1-37-21(35)27-8-4-3-5-14(28-22(36)38-2)19(33)26-9-6-16(30)24-10-11-25-17(31)7-12-29-18(32)13-15(39-23)20(29)34/h14-15H,3-13H2,1-2H3,(H,24,30)(H,25,31)(H,26,33)(H,27,35)(H,28,36). The van der Waals surface area contributed by atoms with E-state index >= 15 is 0 Å². The number of alkyl carbamates (subject to hydrolysis) is 2. The second-order valence-electron chi connectivity index (χ2n) is 8.31. The van der Waals surface area contributed by atoms with Gasteiger partial charge < -0.3 is 36.1 Å². The Morgan fingerprint density at radius 3 is 2.13 bits per heavy atom. The molecule has 1 aliphatic heterocycles. The molecule has 0 bridgehead atoms. The van der Waals surface area contributed by atoms with Crippen molar-refractivity contribution in [2.75, 3.05) is 46.9 Å². The molecule has 15 nitrogen and oxygen atoms in total. The summed E-state index contributed by atoms with van der Waals surface area (Å²) in [5, 5.41) is 12.1. The number of methoxy groups -OCH3 is 2. The van der Waals surface area contributed by atoms with Crippen molar-refractivity contribution >= 4 is 60.5 Å². The Bertz CT molecular complexity index is 894. The van der Waals surface area contributed by atoms with Crippen LogP contribution in [-0.4, -0.2) is 112 Å². The van der Waals surface area contributed by atoms with Gasteiger partial charge in [0.15, 0.2) is 7.12 Å². The molecular formula is C22H35BN6O9S. The van der Waals surface area contributed by atoms with E-state index in [0.717, 1.165) is 16.5 Å². The van der Waals surface area contributed by atoms with Gasteiger partial charge in [-0.3, -0.25) is 28.9 Å². The van der Waals surface area contributed by atoms with E-state index in [1.165, 1.54) is 14.2 Å². The summed E-state index contributed by atoms with van der Waals surface area (Å²) in [4.78, 5) is 83.9. The fraction of sp³-hybridized carbons (Fsp3) is 0.682. The molecule has 2 unspecified atom stereocenters. The molecule has 2 radical (unpaired) electrons. The lowest BCUT2D eigenvalue weighted by Crippen LogP contribution is -2.47. The molecule has 0 aromatic heterocycles. The monoisotopic (exact) mass is 570 g/mol. The Labute approximate surface area is 231 Å². The van der Waals surface area contributed by atoms with E-state index < -0.39 is 35.3 Å². The van der Waals surface area contributed by atoms with Gasteiger partial charge >= 0.3 is 12.2 Å². The zero-order chi connectivity index (χ0) is 29.2. The summed E-state index contributed by atoms with van der Waals surface area (Å²) in [5.74, 6) is -2.01. The minimum atomic E-state index is -0.889. The molecule has 1 rings (SSSR count). The molecule has 1 aliphatic rings. The summed E-state index contributed by atoms with van der Waals surface area (Å²) >= 11 is 0.807. The van der Waals surface area contributed by atoms with E-state index in [1.54, 1.807) is 0 Å². The van der Waals surface area contributed by atoms with Crippen molar-refractivity contribution in [3.05, 3.63) is 0 Å². The number of ether oxygens (including phenoxy) is 2. The number of rotatable bonds is 17. The van der Waals surface area contributed by atoms with E-state index in [1.807, 2.05) is 0 Å². The van der Waals surface area contributed by atoms with Gasteiger partial charge in [-0.25, -0.2) is 21.2 Å². The van der Waals surface area contributed by atoms with Gasteiger partial charge in [-0.05, 0) is 19.3 Å². The third-order valence-electron chi connectivity index (χ3n) is 5.52. The zero-order valence-corrected chi connectivity index (χ0v) is 22.9. The first kappa shape index (κ1) is 33.5. The number of carbonyl (C=O) groups is 7. The maximum absolute atomic E-state index is 12.5. The van der Waals surface area contributed by atoms with Crippen molar-refractivity contribution in [2.24, 2.45) is 0 Å². The zero-order valence-electron chi connectivity index (χ0n) is 22.0. The van der Waals surface area contributed by atoms with Crippen LogP contribution in [-0.2, 0) is 33.4 Å². The second kappa shape index (κ2) is 18.7. The summed E-state index contributed by atoms with van der Waals surface area (Å²) in [6.07, 6.45) is -0.0879. The van der Waals surface area contributed by atoms with Crippen LogP contribution in [0.15, 0.2) is 0 Å². The summed E-state index contributed by atoms with van der Waals surface area (Å²) in [5.41, 5.74) is 0. The van der Waals surface area contributed by atoms with Crippen LogP contribution < -0.4 is 26.6 Å². The number of amides is 7. The molecule has 5 N–H and O–H groups in total. The van der Waals surface area contributed by atoms with Gasteiger partial charge in [-0.1, -0.05) is 0 Å². The van der Waals surface area contributed by atoms with Gasteiger partial charge in [0.2, 0.25) is 29.5 Å². The van der Waals surface area contributed by atoms with Gasteiger partial charge in [0.05, 0.1) is 19.5 Å². The number of unbranched alkanes of at least 4 members (excludes halogenated alkanes) is 1. The van der Waals surface area contributed by atoms with E-state index in [2.05, 4.69) is 36.1 Å². The molecular weight excluding hydrogens is 535 g/mol. The van der Waals surface area contributed by atoms with E-state index in [9.17, 15) is 33.6 Å². The molecule has 17 heteroatoms. The molecule has 1 fully saturated rings. The average molecular weight is 570 g/mol. The van der Waals surface area contributed by atoms with Crippen molar-refractivity contribution in [3.63, 3.8) is 0 Å². The molecule has 39 heavy (non-hydrogen) atoms. The largest absolute Gasteiger partial charge is 0.453 e. The molecule has 0 aromatic rings. The Hall–Kier alpha value is -3.50. The molecule has 2 atom stereocenters. The van der Waals surface area contributed by atoms with Crippen molar-refractivity contribution < 1.29 is 43.0 Å². The fourth-order valence-corrected chi connectivity index (χ4v) is 3.90. The third-order valence-corrected chi connectivity index (χ3v) is 6.22. The molecule has 0 aromatic carbocycles. The topological polar surface area (TPSA) is 201 Å². The molecule has 216 valence electrons. The van der Waals surface area contributed by atoms with Crippen molar-refractivity contribution in [3.8, 4) is 0 Å². The fourth-order valence-electron chi connectivity index (χ4n) is 3.42. The van der Waals surface area contributed by atoms with Crippen LogP contribution in [0.1, 0.15) is 38.5 Å². The predicted octanol–water partition coefficient (Wildman–Crippen LogP) is -1.69. The molecule has 0 spiro atoms. The van der Waals surface area contributed by atoms with Crippen LogP contribution in [0.5, 0.6) is 0 Å². The van der Waals surface area contributed by atoms with Crippen LogP contribution in [0.3, 0.4) is 0 Å². The van der Waals surface area contributed by atoms with Crippen molar-refractivity contribution in [1.82, 2.24) is 31.5 Å². The maximum Gasteiger partial charge on any atom is 0.407 e. The summed E-state index contributed by atoms with van der Waals surface area (Å²) in [6, 6.07) is -0.889. The number of nitrogens with one attached hydrogen (secondary N) is 5. The van der Waals surface area contributed by atoms with Crippen LogP contribution in [0.4, 0.5) is 9.59 Å². The van der Waals surface area contributed by atoms with Crippen LogP contribution in [0, 0.1) is 0 Å². The number of carbonyl (C=O) groups excluding carboxylic acids is 7. The lowest BCUT2D eigenvalue weighted by atomic mass is 10.1. The highest BCUT2D eigenvalue weighted by molar-refractivity contribution is 8.20. The molecule has 7 amide bonds. The van der Waals surface area contributed by atoms with Gasteiger partial charge in [-0.2, -0.15) is 0 Å². The number of hydrogen-bond donors (Lipinski definition) is 5. The second-order valence-corrected chi connectivity index (χ2v) is 9.15. The summed E-state index contributed by atoms with van der Waals surface area (Å²) in [6.45, 7) is 0.587. The normalized spacial score (nSPS) is 15.2. The van der Waals surface area contributed by atoms with Gasteiger partial charge in [0.25, 0.3) is 0 Å². The lowest BCUT2D eigenvalue weighted by molar-refractivity contribution is -0.138. The predicted molar refractivity (Wildman–Crippen MR) is 140 cm³/mol. The Kier molecular flexibility index (Phi) is 16.1. The van der Waals surface area contributed by atoms with Crippen LogP contribution >= 0.6 is 11.6 Å². The molecule has 0 aliphatic carbocycles. The highest BCUT2D eigenvalue weighted by atomic mass is 32.2. The minimum Gasteiger partial charge on any atom is -0.453 e. The number of likely N-dealkylation sites (tertiary alicyclic amines) is 1. The smallest absolute Gasteiger partial charge is 0.407 e. The number of imide groups is 1. The molecule has 0 saturated carbocycles. The lowest BCUT2D eigenvalue weighted by Gasteiger charge is -2.17. The quantitative estimate of drug-likeness (QED) is 0.0763. The van der Waals surface area contributed by atoms with E-state index in [4.69, 9.17) is 7.12 Å². The first-order chi connectivity index (χ1) is 18.6. The van der Waals surface area contributed by atoms with E-state index in [0.29, 0.717) is 19.4 Å². The number of nitrogens with zero attached hydrogens (tertiary/aromatic N) is 1. The maximum atomic E-state index is 12.5. The average Bonchev–Trinajstić information content (AvgIpc) is 3.20. The first-order valence-electron chi connectivity index (χ1n) is 12.3. The Morgan fingerprint density at radius 1 is 0.897 bits per heavy atom. The summed E-state index contributed by atoms with van der Waals surface area (Å²) in [7, 11) is 7.80. The van der Waals surface area contributed by atoms with Crippen LogP contribution in [0.2, 0.25) is 0 Å².